The Morgan fingerprint density at radius 3 is 3.00 bits per heavy atom. The standard InChI is InChI=1S/C5H4N4.Se/c1-4-5(8-2-6-1)9-3-7-4;/h1-3H,(H,6,7,8,9);. The average molecular weight is 199 g/mol. The first kappa shape index (κ1) is 7.18. The molecule has 0 aliphatic rings. The quantitative estimate of drug-likeness (QED) is 0.606. The van der Waals surface area contributed by atoms with Crippen molar-refractivity contribution in [1.82, 2.24) is 19.9 Å². The summed E-state index contributed by atoms with van der Waals surface area (Å²) < 4.78 is 0. The summed E-state index contributed by atoms with van der Waals surface area (Å²) in [7, 11) is 0. The van der Waals surface area contributed by atoms with Crippen molar-refractivity contribution in [1.29, 1.82) is 0 Å². The van der Waals surface area contributed by atoms with Crippen LogP contribution in [0.3, 0.4) is 0 Å². The molecule has 0 aliphatic carbocycles. The zero-order valence-corrected chi connectivity index (χ0v) is 6.70. The Labute approximate surface area is 67.6 Å². The average Bonchev–Trinajstić information content (AvgIpc) is 2.33. The normalized spacial score (nSPS) is 9.20. The second kappa shape index (κ2) is 2.77. The monoisotopic (exact) mass is 200 g/mol. The largest absolute Gasteiger partial charge is 0.342 e. The van der Waals surface area contributed by atoms with E-state index in [2.05, 4.69) is 19.9 Å². The van der Waals surface area contributed by atoms with E-state index >= 15 is 0 Å². The van der Waals surface area contributed by atoms with Gasteiger partial charge in [-0.05, 0) is 0 Å². The minimum atomic E-state index is 0. The molecule has 4 nitrogen and oxygen atoms in total. The molecule has 0 bridgehead atoms. The van der Waals surface area contributed by atoms with E-state index in [0.717, 1.165) is 5.52 Å². The van der Waals surface area contributed by atoms with Gasteiger partial charge in [-0.3, -0.25) is 0 Å². The van der Waals surface area contributed by atoms with Crippen molar-refractivity contribution >= 4 is 28.2 Å². The molecule has 2 heterocycles. The zero-order chi connectivity index (χ0) is 6.10. The van der Waals surface area contributed by atoms with Crippen LogP contribution in [0.1, 0.15) is 0 Å². The van der Waals surface area contributed by atoms with Crippen LogP contribution < -0.4 is 0 Å². The maximum absolute atomic E-state index is 3.91. The van der Waals surface area contributed by atoms with Crippen molar-refractivity contribution < 1.29 is 0 Å². The van der Waals surface area contributed by atoms with Crippen LogP contribution in [0.25, 0.3) is 11.2 Å². The van der Waals surface area contributed by atoms with Crippen molar-refractivity contribution in [2.45, 2.75) is 0 Å². The van der Waals surface area contributed by atoms with Gasteiger partial charge in [0.25, 0.3) is 0 Å². The minimum absolute atomic E-state index is 0. The van der Waals surface area contributed by atoms with Crippen molar-refractivity contribution in [2.75, 3.05) is 0 Å². The van der Waals surface area contributed by atoms with Crippen LogP contribution in [0, 0.1) is 0 Å². The summed E-state index contributed by atoms with van der Waals surface area (Å²) >= 11 is 0. The first-order valence-electron chi connectivity index (χ1n) is 2.56. The first-order valence-corrected chi connectivity index (χ1v) is 2.56. The van der Waals surface area contributed by atoms with Crippen LogP contribution in [0.15, 0.2) is 18.9 Å². The van der Waals surface area contributed by atoms with E-state index in [-0.39, 0.29) is 17.1 Å². The molecule has 2 radical (unpaired) electrons. The van der Waals surface area contributed by atoms with Gasteiger partial charge in [0.2, 0.25) is 0 Å². The molecule has 0 fully saturated rings. The van der Waals surface area contributed by atoms with Crippen LogP contribution in [0.2, 0.25) is 0 Å². The maximum Gasteiger partial charge on any atom is 0.180 e. The molecule has 0 saturated carbocycles. The van der Waals surface area contributed by atoms with Crippen LogP contribution in [-0.4, -0.2) is 37.0 Å². The topological polar surface area (TPSA) is 54.5 Å². The van der Waals surface area contributed by atoms with Crippen molar-refractivity contribution in [3.05, 3.63) is 18.9 Å². The molecule has 0 spiro atoms. The third kappa shape index (κ3) is 1.01. The molecule has 2 aromatic rings. The predicted octanol–water partition coefficient (Wildman–Crippen LogP) is -0.0279. The fraction of sp³-hybridized carbons (Fsp3) is 0. The number of fused-ring (bicyclic) bond motifs is 1. The zero-order valence-electron chi connectivity index (χ0n) is 4.98. The number of aromatic amines is 1. The van der Waals surface area contributed by atoms with Gasteiger partial charge in [-0.1, -0.05) is 0 Å². The Hall–Kier alpha value is -0.931. The summed E-state index contributed by atoms with van der Waals surface area (Å²) in [6, 6.07) is 0. The molecule has 0 aromatic carbocycles. The van der Waals surface area contributed by atoms with Gasteiger partial charge >= 0.3 is 0 Å². The summed E-state index contributed by atoms with van der Waals surface area (Å²) in [5, 5.41) is 0. The second-order valence-electron chi connectivity index (χ2n) is 1.66. The Balaban J connectivity index is 0.000000500. The molecule has 2 aromatic heterocycles. The van der Waals surface area contributed by atoms with E-state index < -0.39 is 0 Å². The first-order chi connectivity index (χ1) is 4.47. The van der Waals surface area contributed by atoms with E-state index in [1.165, 1.54) is 6.33 Å². The van der Waals surface area contributed by atoms with Gasteiger partial charge in [-0.2, -0.15) is 0 Å². The van der Waals surface area contributed by atoms with Gasteiger partial charge in [0.15, 0.2) is 5.65 Å². The molecule has 1 N–H and O–H groups in total. The van der Waals surface area contributed by atoms with Gasteiger partial charge in [-0.25, -0.2) is 15.0 Å². The van der Waals surface area contributed by atoms with E-state index in [1.54, 1.807) is 12.5 Å². The summed E-state index contributed by atoms with van der Waals surface area (Å²) in [6.45, 7) is 0. The van der Waals surface area contributed by atoms with Gasteiger partial charge in [0, 0.05) is 17.1 Å². The van der Waals surface area contributed by atoms with E-state index in [0.29, 0.717) is 5.65 Å². The van der Waals surface area contributed by atoms with Crippen LogP contribution in [0.5, 0.6) is 0 Å². The number of imidazole rings is 1. The number of nitrogens with zero attached hydrogens (tertiary/aromatic N) is 3. The molecular weight excluding hydrogens is 195 g/mol. The molecule has 0 saturated heterocycles. The van der Waals surface area contributed by atoms with Gasteiger partial charge in [0.05, 0.1) is 12.5 Å². The number of nitrogens with one attached hydrogen (secondary N) is 1. The third-order valence-electron chi connectivity index (χ3n) is 1.10. The van der Waals surface area contributed by atoms with Gasteiger partial charge in [-0.15, -0.1) is 0 Å². The second-order valence-corrected chi connectivity index (χ2v) is 1.66. The van der Waals surface area contributed by atoms with Crippen molar-refractivity contribution in [3.8, 4) is 0 Å². The van der Waals surface area contributed by atoms with E-state index in [4.69, 9.17) is 0 Å². The smallest absolute Gasteiger partial charge is 0.180 e. The van der Waals surface area contributed by atoms with Crippen molar-refractivity contribution in [2.24, 2.45) is 0 Å². The Morgan fingerprint density at radius 1 is 1.30 bits per heavy atom. The number of H-pyrrole nitrogens is 1. The fourth-order valence-electron chi connectivity index (χ4n) is 0.691. The number of hydrogen-bond donors (Lipinski definition) is 1. The van der Waals surface area contributed by atoms with Crippen molar-refractivity contribution in [3.63, 3.8) is 0 Å². The third-order valence-corrected chi connectivity index (χ3v) is 1.10. The van der Waals surface area contributed by atoms with Gasteiger partial charge in [0.1, 0.15) is 11.8 Å². The number of aromatic nitrogens is 4. The molecule has 2 rings (SSSR count). The molecule has 0 atom stereocenters. The Bertz CT molecular complexity index is 288. The maximum atomic E-state index is 3.91. The molecule has 0 aliphatic heterocycles. The van der Waals surface area contributed by atoms with Crippen LogP contribution in [0.4, 0.5) is 0 Å². The Kier molecular flexibility index (Phi) is 1.99. The molecule has 10 heavy (non-hydrogen) atoms. The molecule has 5 heteroatoms. The SMILES string of the molecule is [Se].c1ncc2[nH]cnc2n1. The fourth-order valence-corrected chi connectivity index (χ4v) is 0.691. The molecule has 50 valence electrons. The van der Waals surface area contributed by atoms with E-state index in [1.807, 2.05) is 0 Å². The summed E-state index contributed by atoms with van der Waals surface area (Å²) in [6.07, 6.45) is 4.76. The minimum Gasteiger partial charge on any atom is -0.342 e. The summed E-state index contributed by atoms with van der Waals surface area (Å²) in [4.78, 5) is 14.5. The summed E-state index contributed by atoms with van der Waals surface area (Å²) in [5.41, 5.74) is 1.59. The number of rotatable bonds is 0. The molecule has 0 unspecified atom stereocenters. The van der Waals surface area contributed by atoms with Crippen LogP contribution in [-0.2, 0) is 0 Å². The summed E-state index contributed by atoms with van der Waals surface area (Å²) in [5.74, 6) is 0. The molecular formula is C5H4N4Se. The van der Waals surface area contributed by atoms with Gasteiger partial charge < -0.3 is 4.98 Å². The molecule has 0 amide bonds. The van der Waals surface area contributed by atoms with Crippen LogP contribution >= 0.6 is 0 Å². The predicted molar refractivity (Wildman–Crippen MR) is 37.4 cm³/mol. The Morgan fingerprint density at radius 2 is 2.20 bits per heavy atom. The van der Waals surface area contributed by atoms with E-state index in [9.17, 15) is 0 Å². The number of hydrogen-bond acceptors (Lipinski definition) is 3.